The van der Waals surface area contributed by atoms with Gasteiger partial charge in [-0.3, -0.25) is 0 Å². The van der Waals surface area contributed by atoms with Crippen molar-refractivity contribution >= 4 is 37.8 Å². The number of fused-ring (bicyclic) bond motifs is 6. The molecule has 3 aliphatic heterocycles. The molecule has 0 saturated carbocycles. The maximum atomic E-state index is 13.4. The van der Waals surface area contributed by atoms with E-state index in [1.807, 2.05) is 37.6 Å². The molecule has 44 heavy (non-hydrogen) atoms. The monoisotopic (exact) mass is 649 g/mol. The van der Waals surface area contributed by atoms with Crippen LogP contribution >= 0.6 is 10.0 Å². The van der Waals surface area contributed by atoms with Gasteiger partial charge in [0.25, 0.3) is 0 Å². The fourth-order valence-electron chi connectivity index (χ4n) is 5.88. The first-order valence-corrected chi connectivity index (χ1v) is 17.9. The Morgan fingerprint density at radius 2 is 1.68 bits per heavy atom. The number of nitrogens with zero attached hydrogens (tertiary/aromatic N) is 1. The summed E-state index contributed by atoms with van der Waals surface area (Å²) in [4.78, 5) is 29.9. The third kappa shape index (κ3) is 4.63. The number of ether oxygens (including phenoxy) is 2. The maximum absolute atomic E-state index is 13.4. The molecule has 0 aromatic heterocycles. The minimum absolute atomic E-state index is 0.214. The van der Waals surface area contributed by atoms with Crippen LogP contribution in [0.1, 0.15) is 63.6 Å². The van der Waals surface area contributed by atoms with Crippen molar-refractivity contribution < 1.29 is 44.8 Å². The van der Waals surface area contributed by atoms with E-state index in [-0.39, 0.29) is 17.7 Å². The Hall–Kier alpha value is -3.71. The van der Waals surface area contributed by atoms with Crippen LogP contribution < -0.4 is 9.08 Å². The van der Waals surface area contributed by atoms with Crippen LogP contribution in [0.25, 0.3) is 0 Å². The predicted molar refractivity (Wildman–Crippen MR) is 158 cm³/mol. The Morgan fingerprint density at radius 3 is 2.32 bits per heavy atom. The molecule has 234 valence electrons. The van der Waals surface area contributed by atoms with Gasteiger partial charge in [-0.1, -0.05) is 19.4 Å². The van der Waals surface area contributed by atoms with Gasteiger partial charge in [-0.2, -0.15) is 31.6 Å². The lowest BCUT2D eigenvalue weighted by Crippen LogP contribution is -2.38. The summed E-state index contributed by atoms with van der Waals surface area (Å²) in [7, 11) is -7.98. The summed E-state index contributed by atoms with van der Waals surface area (Å²) in [5.74, 6) is -1.71. The van der Waals surface area contributed by atoms with E-state index in [0.717, 1.165) is 42.6 Å². The number of carbonyl (C=O) groups is 2. The summed E-state index contributed by atoms with van der Waals surface area (Å²) < 4.78 is 79.6. The third-order valence-corrected chi connectivity index (χ3v) is 12.2. The number of hydrogen-bond donors (Lipinski definition) is 0. The Balaban J connectivity index is 1.58. The van der Waals surface area contributed by atoms with Crippen molar-refractivity contribution in [3.63, 3.8) is 0 Å². The molecule has 1 unspecified atom stereocenters. The predicted octanol–water partition coefficient (Wildman–Crippen LogP) is 6.34. The standard InChI is InChI=1S/C31H30F3NO7S2/c1-4-5-15-40-28(36)19-7-10-22-25(16-19)30(41-29(22)37)23-11-8-20(35-13-6-14-35)17-26(23)43(2,3)27-18-21(9-12-24(27)30)42-44(38,39)31(32,33)34/h7-12,16-18H,4-6,13-15H2,1-3H3. The van der Waals surface area contributed by atoms with Crippen molar-refractivity contribution in [2.75, 3.05) is 37.1 Å². The Kier molecular flexibility index (Phi) is 7.19. The first-order valence-electron chi connectivity index (χ1n) is 14.0. The molecule has 1 fully saturated rings. The highest BCUT2D eigenvalue weighted by Gasteiger charge is 2.56. The Labute approximate surface area is 254 Å². The minimum atomic E-state index is -5.93. The third-order valence-electron chi connectivity index (χ3n) is 8.32. The van der Waals surface area contributed by atoms with Gasteiger partial charge in [0.15, 0.2) is 5.60 Å². The SMILES string of the molecule is CCCCOC(=O)c1ccc2c(c1)C1(OC2=O)c2ccc(OS(=O)(=O)C(F)(F)F)cc2S(C)(C)c2cc(N3CCC3)ccc21. The fraction of sp³-hybridized carbons (Fsp3) is 0.355. The molecular formula is C31H30F3NO7S2. The molecule has 0 amide bonds. The van der Waals surface area contributed by atoms with E-state index >= 15 is 0 Å². The molecule has 0 N–H and O–H groups in total. The average molecular weight is 650 g/mol. The van der Waals surface area contributed by atoms with Gasteiger partial charge in [0.2, 0.25) is 0 Å². The van der Waals surface area contributed by atoms with E-state index in [1.54, 1.807) is 6.07 Å². The summed E-state index contributed by atoms with van der Waals surface area (Å²) in [5.41, 5.74) is -4.30. The number of esters is 2. The molecule has 0 aliphatic carbocycles. The van der Waals surface area contributed by atoms with Gasteiger partial charge in [-0.05, 0) is 73.9 Å². The number of carbonyl (C=O) groups excluding carboxylic acids is 2. The molecule has 0 bridgehead atoms. The number of anilines is 1. The van der Waals surface area contributed by atoms with Crippen molar-refractivity contribution in [1.29, 1.82) is 0 Å². The summed E-state index contributed by atoms with van der Waals surface area (Å²) in [6.45, 7) is 3.94. The number of rotatable bonds is 7. The highest BCUT2D eigenvalue weighted by Crippen LogP contribution is 2.69. The fourth-order valence-corrected chi connectivity index (χ4v) is 8.92. The summed E-state index contributed by atoms with van der Waals surface area (Å²) >= 11 is 0. The zero-order valence-electron chi connectivity index (χ0n) is 24.2. The molecule has 3 aromatic rings. The molecule has 13 heteroatoms. The second kappa shape index (κ2) is 10.4. The highest BCUT2D eigenvalue weighted by atomic mass is 32.3. The van der Waals surface area contributed by atoms with E-state index in [2.05, 4.69) is 9.08 Å². The van der Waals surface area contributed by atoms with Crippen LogP contribution in [0.2, 0.25) is 0 Å². The van der Waals surface area contributed by atoms with Crippen LogP contribution in [0.5, 0.6) is 5.75 Å². The van der Waals surface area contributed by atoms with Crippen molar-refractivity contribution in [3.05, 3.63) is 82.4 Å². The summed E-state index contributed by atoms with van der Waals surface area (Å²) in [6.07, 6.45) is 6.45. The average Bonchev–Trinajstić information content (AvgIpc) is 3.22. The first kappa shape index (κ1) is 30.3. The van der Waals surface area contributed by atoms with Gasteiger partial charge < -0.3 is 18.6 Å². The molecule has 1 saturated heterocycles. The first-order chi connectivity index (χ1) is 20.7. The lowest BCUT2D eigenvalue weighted by molar-refractivity contribution is -0.0500. The van der Waals surface area contributed by atoms with Crippen LogP contribution in [0, 0.1) is 0 Å². The van der Waals surface area contributed by atoms with E-state index < -0.39 is 48.9 Å². The molecule has 3 heterocycles. The normalized spacial score (nSPS) is 20.6. The molecular weight excluding hydrogens is 619 g/mol. The van der Waals surface area contributed by atoms with E-state index in [4.69, 9.17) is 9.47 Å². The lowest BCUT2D eigenvalue weighted by atomic mass is 9.78. The van der Waals surface area contributed by atoms with Gasteiger partial charge in [0.05, 0.1) is 17.7 Å². The Morgan fingerprint density at radius 1 is 1.00 bits per heavy atom. The summed E-state index contributed by atoms with van der Waals surface area (Å²) in [6, 6.07) is 14.3. The van der Waals surface area contributed by atoms with E-state index in [1.165, 1.54) is 24.3 Å². The number of halogens is 3. The van der Waals surface area contributed by atoms with Gasteiger partial charge in [-0.15, -0.1) is 0 Å². The van der Waals surface area contributed by atoms with Crippen LogP contribution in [0.15, 0.2) is 64.4 Å². The molecule has 1 spiro atoms. The largest absolute Gasteiger partial charge is 0.534 e. The van der Waals surface area contributed by atoms with Gasteiger partial charge >= 0.3 is 27.6 Å². The molecule has 1 atom stereocenters. The van der Waals surface area contributed by atoms with Crippen LogP contribution in [0.4, 0.5) is 18.9 Å². The van der Waals surface area contributed by atoms with Crippen LogP contribution in [-0.4, -0.2) is 58.1 Å². The van der Waals surface area contributed by atoms with E-state index in [9.17, 15) is 31.2 Å². The van der Waals surface area contributed by atoms with Crippen molar-refractivity contribution in [2.24, 2.45) is 0 Å². The van der Waals surface area contributed by atoms with Gasteiger partial charge in [0, 0.05) is 45.3 Å². The smallest absolute Gasteiger partial charge is 0.462 e. The molecule has 3 aliphatic rings. The van der Waals surface area contributed by atoms with Crippen LogP contribution in [0.3, 0.4) is 0 Å². The molecule has 0 radical (unpaired) electrons. The van der Waals surface area contributed by atoms with Crippen LogP contribution in [-0.2, 0) is 25.2 Å². The van der Waals surface area contributed by atoms with Crippen molar-refractivity contribution in [2.45, 2.75) is 47.1 Å². The Bertz CT molecular complexity index is 1800. The quantitative estimate of drug-likeness (QED) is 0.127. The summed E-state index contributed by atoms with van der Waals surface area (Å²) in [5, 5.41) is 0. The zero-order valence-corrected chi connectivity index (χ0v) is 25.8. The number of benzene rings is 3. The van der Waals surface area contributed by atoms with Gasteiger partial charge in [-0.25, -0.2) is 9.59 Å². The molecule has 6 rings (SSSR count). The minimum Gasteiger partial charge on any atom is -0.462 e. The number of unbranched alkanes of at least 4 members (excludes halogenated alkanes) is 1. The molecule has 8 nitrogen and oxygen atoms in total. The topological polar surface area (TPSA) is 99.2 Å². The van der Waals surface area contributed by atoms with Crippen molar-refractivity contribution in [1.82, 2.24) is 0 Å². The highest BCUT2D eigenvalue weighted by molar-refractivity contribution is 8.32. The molecule has 3 aromatic carbocycles. The second-order valence-corrected chi connectivity index (χ2v) is 16.4. The van der Waals surface area contributed by atoms with Crippen molar-refractivity contribution in [3.8, 4) is 5.75 Å². The zero-order chi connectivity index (χ0) is 31.7. The van der Waals surface area contributed by atoms with Gasteiger partial charge in [0.1, 0.15) is 5.75 Å². The van der Waals surface area contributed by atoms with E-state index in [0.29, 0.717) is 28.0 Å². The second-order valence-electron chi connectivity index (χ2n) is 11.3. The lowest BCUT2D eigenvalue weighted by Gasteiger charge is -2.48. The number of alkyl halides is 3. The maximum Gasteiger partial charge on any atom is 0.534 e. The number of hydrogen-bond acceptors (Lipinski definition) is 8.